The average Bonchev–Trinajstić information content (AvgIpc) is 3.54. The highest BCUT2D eigenvalue weighted by Gasteiger charge is 2.48. The predicted octanol–water partition coefficient (Wildman–Crippen LogP) is 3.03. The van der Waals surface area contributed by atoms with E-state index >= 15 is 0 Å². The van der Waals surface area contributed by atoms with Crippen molar-refractivity contribution in [3.05, 3.63) is 71.4 Å². The molecular weight excluding hydrogens is 504 g/mol. The van der Waals surface area contributed by atoms with E-state index in [1.54, 1.807) is 4.90 Å². The molecule has 0 radical (unpaired) electrons. The second kappa shape index (κ2) is 11.3. The number of rotatable bonds is 7. The van der Waals surface area contributed by atoms with Gasteiger partial charge in [0.2, 0.25) is 11.8 Å². The Kier molecular flexibility index (Phi) is 7.85. The fourth-order valence-electron chi connectivity index (χ4n) is 6.68. The molecule has 1 aliphatic carbocycles. The first-order valence-corrected chi connectivity index (χ1v) is 14.2. The van der Waals surface area contributed by atoms with Gasteiger partial charge in [-0.25, -0.2) is 4.79 Å². The van der Waals surface area contributed by atoms with Gasteiger partial charge in [-0.1, -0.05) is 49.4 Å². The average molecular weight is 545 g/mol. The number of likely N-dealkylation sites (tertiary alicyclic amines) is 1. The number of para-hydroxylation sites is 1. The number of hydrogen-bond donors (Lipinski definition) is 4. The van der Waals surface area contributed by atoms with Crippen LogP contribution in [0.3, 0.4) is 0 Å². The summed E-state index contributed by atoms with van der Waals surface area (Å²) in [5.74, 6) is -0.390. The topological polar surface area (TPSA) is 124 Å². The number of benzene rings is 2. The number of amides is 4. The van der Waals surface area contributed by atoms with Gasteiger partial charge < -0.3 is 31.2 Å². The summed E-state index contributed by atoms with van der Waals surface area (Å²) >= 11 is 0. The summed E-state index contributed by atoms with van der Waals surface area (Å²) in [4.78, 5) is 46.7. The van der Waals surface area contributed by atoms with Crippen molar-refractivity contribution >= 4 is 28.7 Å². The highest BCUT2D eigenvalue weighted by molar-refractivity contribution is 5.90. The standard InChI is InChI=1S/C31H40N6O3/c1-20(24-19-34-26-11-7-5-9-22(24)26)27(35-30(40)33-15-14-32)29(39)37-16-12-31(13-17-37)18-23(28(38)36(2)3)21-8-4-6-10-25(21)31/h4-11,19-20,23,27,34H,12-18,32H2,1-3H3,(H2,33,35,40)/t20-,23-,27-/m1/s1. The van der Waals surface area contributed by atoms with Crippen molar-refractivity contribution in [3.63, 3.8) is 0 Å². The third-order valence-corrected chi connectivity index (χ3v) is 8.87. The largest absolute Gasteiger partial charge is 0.361 e. The van der Waals surface area contributed by atoms with Crippen LogP contribution < -0.4 is 16.4 Å². The number of aromatic nitrogens is 1. The minimum Gasteiger partial charge on any atom is -0.361 e. The molecule has 40 heavy (non-hydrogen) atoms. The molecule has 5 rings (SSSR count). The van der Waals surface area contributed by atoms with Crippen LogP contribution in [0.25, 0.3) is 10.9 Å². The van der Waals surface area contributed by atoms with Crippen LogP contribution in [-0.4, -0.2) is 78.9 Å². The molecule has 2 aliphatic rings. The number of hydrogen-bond acceptors (Lipinski definition) is 4. The SMILES string of the molecule is C[C@H](c1c[nH]c2ccccc12)[C@@H](NC(=O)NCCN)C(=O)N1CCC2(CC1)C[C@@H](C(=O)N(C)C)c1ccccc12. The van der Waals surface area contributed by atoms with Gasteiger partial charge in [0.05, 0.1) is 5.92 Å². The maximum atomic E-state index is 14.1. The van der Waals surface area contributed by atoms with Crippen molar-refractivity contribution < 1.29 is 14.4 Å². The van der Waals surface area contributed by atoms with Crippen LogP contribution in [0.5, 0.6) is 0 Å². The molecule has 9 nitrogen and oxygen atoms in total. The minimum atomic E-state index is -0.745. The van der Waals surface area contributed by atoms with Gasteiger partial charge in [0.15, 0.2) is 0 Å². The van der Waals surface area contributed by atoms with E-state index in [1.165, 1.54) is 5.56 Å². The van der Waals surface area contributed by atoms with E-state index in [-0.39, 0.29) is 29.1 Å². The molecule has 1 spiro atoms. The van der Waals surface area contributed by atoms with Crippen molar-refractivity contribution in [1.82, 2.24) is 25.4 Å². The molecule has 212 valence electrons. The van der Waals surface area contributed by atoms with Crippen LogP contribution in [-0.2, 0) is 15.0 Å². The van der Waals surface area contributed by atoms with Gasteiger partial charge in [-0.2, -0.15) is 0 Å². The lowest BCUT2D eigenvalue weighted by Gasteiger charge is -2.42. The Morgan fingerprint density at radius 2 is 1.80 bits per heavy atom. The molecule has 2 aromatic carbocycles. The highest BCUT2D eigenvalue weighted by atomic mass is 16.2. The van der Waals surface area contributed by atoms with Gasteiger partial charge in [-0.05, 0) is 42.0 Å². The van der Waals surface area contributed by atoms with Crippen LogP contribution in [0.2, 0.25) is 0 Å². The molecular formula is C31H40N6O3. The Balaban J connectivity index is 1.37. The fraction of sp³-hybridized carbons (Fsp3) is 0.452. The summed E-state index contributed by atoms with van der Waals surface area (Å²) in [7, 11) is 3.62. The van der Waals surface area contributed by atoms with Crippen LogP contribution in [0.4, 0.5) is 4.79 Å². The monoisotopic (exact) mass is 544 g/mol. The number of H-pyrrole nitrogens is 1. The maximum Gasteiger partial charge on any atom is 0.315 e. The Hall–Kier alpha value is -3.85. The van der Waals surface area contributed by atoms with Crippen molar-refractivity contribution in [2.75, 3.05) is 40.3 Å². The van der Waals surface area contributed by atoms with E-state index in [2.05, 4.69) is 27.8 Å². The number of piperidine rings is 1. The summed E-state index contributed by atoms with van der Waals surface area (Å²) in [6.45, 7) is 3.76. The van der Waals surface area contributed by atoms with Crippen molar-refractivity contribution in [3.8, 4) is 0 Å². The fourth-order valence-corrected chi connectivity index (χ4v) is 6.68. The Labute approximate surface area is 235 Å². The Morgan fingerprint density at radius 1 is 1.10 bits per heavy atom. The molecule has 2 heterocycles. The molecule has 0 bridgehead atoms. The molecule has 0 saturated carbocycles. The third kappa shape index (κ3) is 5.06. The van der Waals surface area contributed by atoms with Crippen molar-refractivity contribution in [2.24, 2.45) is 5.73 Å². The number of nitrogens with one attached hydrogen (secondary N) is 3. The smallest absolute Gasteiger partial charge is 0.315 e. The number of carbonyl (C=O) groups is 3. The molecule has 4 amide bonds. The van der Waals surface area contributed by atoms with Crippen LogP contribution in [0.15, 0.2) is 54.7 Å². The highest BCUT2D eigenvalue weighted by Crippen LogP contribution is 2.52. The normalized spacial score (nSPS) is 19.2. The van der Waals surface area contributed by atoms with Crippen molar-refractivity contribution in [2.45, 2.75) is 49.5 Å². The summed E-state index contributed by atoms with van der Waals surface area (Å²) in [5, 5.41) is 6.73. The van der Waals surface area contributed by atoms with E-state index < -0.39 is 12.1 Å². The zero-order chi connectivity index (χ0) is 28.4. The van der Waals surface area contributed by atoms with E-state index in [0.717, 1.165) is 41.3 Å². The second-order valence-corrected chi connectivity index (χ2v) is 11.4. The molecule has 0 unspecified atom stereocenters. The number of likely N-dealkylation sites (N-methyl/N-ethyl adjacent to an activating group) is 1. The van der Waals surface area contributed by atoms with Gasteiger partial charge in [0.1, 0.15) is 6.04 Å². The minimum absolute atomic E-state index is 0.0947. The van der Waals surface area contributed by atoms with Crippen LogP contribution in [0.1, 0.15) is 54.7 Å². The number of fused-ring (bicyclic) bond motifs is 3. The van der Waals surface area contributed by atoms with E-state index in [1.807, 2.05) is 68.5 Å². The number of aromatic amines is 1. The third-order valence-electron chi connectivity index (χ3n) is 8.87. The maximum absolute atomic E-state index is 14.1. The molecule has 3 atom stereocenters. The Morgan fingerprint density at radius 3 is 2.52 bits per heavy atom. The number of nitrogens with zero attached hydrogens (tertiary/aromatic N) is 2. The predicted molar refractivity (Wildman–Crippen MR) is 156 cm³/mol. The first kappa shape index (κ1) is 27.7. The summed E-state index contributed by atoms with van der Waals surface area (Å²) in [6.07, 6.45) is 4.25. The zero-order valence-electron chi connectivity index (χ0n) is 23.6. The van der Waals surface area contributed by atoms with Crippen LogP contribution in [0, 0.1) is 0 Å². The van der Waals surface area contributed by atoms with Gasteiger partial charge in [0, 0.05) is 68.7 Å². The number of carbonyl (C=O) groups excluding carboxylic acids is 3. The quantitative estimate of drug-likeness (QED) is 0.365. The summed E-state index contributed by atoms with van der Waals surface area (Å²) < 4.78 is 0. The lowest BCUT2D eigenvalue weighted by molar-refractivity contribution is -0.136. The zero-order valence-corrected chi connectivity index (χ0v) is 23.6. The lowest BCUT2D eigenvalue weighted by Crippen LogP contribution is -2.56. The van der Waals surface area contributed by atoms with E-state index in [0.29, 0.717) is 26.2 Å². The molecule has 3 aromatic rings. The van der Waals surface area contributed by atoms with Gasteiger partial charge >= 0.3 is 6.03 Å². The molecule has 1 aliphatic heterocycles. The van der Waals surface area contributed by atoms with E-state index in [4.69, 9.17) is 5.73 Å². The first-order chi connectivity index (χ1) is 19.3. The summed E-state index contributed by atoms with van der Waals surface area (Å²) in [6, 6.07) is 15.1. The lowest BCUT2D eigenvalue weighted by atomic mass is 9.73. The van der Waals surface area contributed by atoms with Gasteiger partial charge in [-0.3, -0.25) is 9.59 Å². The molecule has 5 N–H and O–H groups in total. The van der Waals surface area contributed by atoms with Gasteiger partial charge in [-0.15, -0.1) is 0 Å². The Bertz CT molecular complexity index is 1390. The molecule has 9 heteroatoms. The molecule has 1 fully saturated rings. The van der Waals surface area contributed by atoms with E-state index in [9.17, 15) is 14.4 Å². The molecule has 1 aromatic heterocycles. The van der Waals surface area contributed by atoms with Crippen molar-refractivity contribution in [1.29, 1.82) is 0 Å². The van der Waals surface area contributed by atoms with Crippen LogP contribution >= 0.6 is 0 Å². The summed E-state index contributed by atoms with van der Waals surface area (Å²) in [5.41, 5.74) is 9.77. The molecule has 1 saturated heterocycles. The van der Waals surface area contributed by atoms with Gasteiger partial charge in [0.25, 0.3) is 0 Å². The number of urea groups is 1. The second-order valence-electron chi connectivity index (χ2n) is 11.4. The number of nitrogens with two attached hydrogens (primary N) is 1. The first-order valence-electron chi connectivity index (χ1n) is 14.2.